The molecular weight excluding hydrogens is 349 g/mol. The molecule has 1 atom stereocenters. The van der Waals surface area contributed by atoms with E-state index in [2.05, 4.69) is 13.8 Å². The Hall–Kier alpha value is -2.41. The molecule has 6 nitrogen and oxygen atoms in total. The molecule has 146 valence electrons. The SMILES string of the molecule is CCn1cc(C(=O)O)c(=O)c2cc(F)c(N3CCC(N)C(C)(C)C3)c(C)c21. The van der Waals surface area contributed by atoms with Crippen LogP contribution in [0.3, 0.4) is 0 Å². The Morgan fingerprint density at radius 2 is 2.11 bits per heavy atom. The summed E-state index contributed by atoms with van der Waals surface area (Å²) in [5, 5.41) is 9.40. The van der Waals surface area contributed by atoms with Crippen LogP contribution in [-0.4, -0.2) is 34.8 Å². The van der Waals surface area contributed by atoms with Crippen LogP contribution in [0.25, 0.3) is 10.9 Å². The van der Waals surface area contributed by atoms with Gasteiger partial charge in [0.05, 0.1) is 11.2 Å². The molecule has 0 bridgehead atoms. The van der Waals surface area contributed by atoms with E-state index >= 15 is 4.39 Å². The number of nitrogens with two attached hydrogens (primary N) is 1. The van der Waals surface area contributed by atoms with Crippen molar-refractivity contribution in [3.63, 3.8) is 0 Å². The summed E-state index contributed by atoms with van der Waals surface area (Å²) in [6.45, 7) is 9.51. The lowest BCUT2D eigenvalue weighted by Gasteiger charge is -2.44. The monoisotopic (exact) mass is 375 g/mol. The number of hydrogen-bond acceptors (Lipinski definition) is 4. The molecule has 0 aliphatic carbocycles. The number of hydrogen-bond donors (Lipinski definition) is 2. The van der Waals surface area contributed by atoms with Crippen molar-refractivity contribution in [3.8, 4) is 0 Å². The normalized spacial score (nSPS) is 19.5. The van der Waals surface area contributed by atoms with Crippen LogP contribution in [0, 0.1) is 18.2 Å². The second-order valence-electron chi connectivity index (χ2n) is 8.00. The number of carboxylic acids is 1. The zero-order valence-electron chi connectivity index (χ0n) is 16.2. The van der Waals surface area contributed by atoms with Gasteiger partial charge in [-0.3, -0.25) is 4.79 Å². The maximum absolute atomic E-state index is 15.1. The van der Waals surface area contributed by atoms with Crippen LogP contribution >= 0.6 is 0 Å². The van der Waals surface area contributed by atoms with Crippen LogP contribution in [0.5, 0.6) is 0 Å². The number of rotatable bonds is 3. The van der Waals surface area contributed by atoms with E-state index in [0.717, 1.165) is 6.42 Å². The zero-order valence-corrected chi connectivity index (χ0v) is 16.2. The summed E-state index contributed by atoms with van der Waals surface area (Å²) in [5.74, 6) is -1.81. The van der Waals surface area contributed by atoms with Crippen molar-refractivity contribution in [3.05, 3.63) is 39.4 Å². The molecule has 1 aromatic carbocycles. The molecule has 1 aliphatic heterocycles. The molecule has 0 spiro atoms. The van der Waals surface area contributed by atoms with Gasteiger partial charge in [0.2, 0.25) is 5.43 Å². The van der Waals surface area contributed by atoms with Crippen LogP contribution < -0.4 is 16.1 Å². The molecule has 0 saturated carbocycles. The van der Waals surface area contributed by atoms with E-state index in [1.54, 1.807) is 11.5 Å². The van der Waals surface area contributed by atoms with Crippen LogP contribution in [0.4, 0.5) is 10.1 Å². The molecule has 1 aliphatic rings. The average Bonchev–Trinajstić information content (AvgIpc) is 2.58. The van der Waals surface area contributed by atoms with E-state index in [-0.39, 0.29) is 22.4 Å². The Balaban J connectivity index is 2.27. The summed E-state index contributed by atoms with van der Waals surface area (Å²) in [7, 11) is 0. The second-order valence-corrected chi connectivity index (χ2v) is 8.00. The summed E-state index contributed by atoms with van der Waals surface area (Å²) in [5.41, 5.74) is 6.73. The minimum atomic E-state index is -1.31. The molecule has 7 heteroatoms. The van der Waals surface area contributed by atoms with Crippen molar-refractivity contribution in [2.45, 2.75) is 46.7 Å². The summed E-state index contributed by atoms with van der Waals surface area (Å²) < 4.78 is 16.8. The molecule has 2 aromatic rings. The first-order valence-electron chi connectivity index (χ1n) is 9.18. The molecule has 2 heterocycles. The van der Waals surface area contributed by atoms with Gasteiger partial charge in [-0.2, -0.15) is 0 Å². The van der Waals surface area contributed by atoms with E-state index in [1.807, 2.05) is 11.8 Å². The smallest absolute Gasteiger partial charge is 0.341 e. The highest BCUT2D eigenvalue weighted by Crippen LogP contribution is 2.36. The number of fused-ring (bicyclic) bond motifs is 1. The van der Waals surface area contributed by atoms with Crippen molar-refractivity contribution in [1.82, 2.24) is 4.57 Å². The molecule has 1 saturated heterocycles. The standard InChI is InChI=1S/C20H26FN3O3/c1-5-23-9-13(19(26)27)18(25)12-8-14(21)17(11(2)16(12)23)24-7-6-15(22)20(3,4)10-24/h8-9,15H,5-7,10,22H2,1-4H3,(H,26,27). The maximum Gasteiger partial charge on any atom is 0.341 e. The largest absolute Gasteiger partial charge is 0.477 e. The van der Waals surface area contributed by atoms with Gasteiger partial charge in [-0.25, -0.2) is 9.18 Å². The molecule has 0 amide bonds. The number of carbonyl (C=O) groups is 1. The predicted molar refractivity (Wildman–Crippen MR) is 104 cm³/mol. The minimum Gasteiger partial charge on any atom is -0.477 e. The fourth-order valence-corrected chi connectivity index (χ4v) is 4.08. The summed E-state index contributed by atoms with van der Waals surface area (Å²) in [4.78, 5) is 26.0. The Bertz CT molecular complexity index is 981. The Kier molecular flexibility index (Phi) is 4.76. The van der Waals surface area contributed by atoms with Crippen molar-refractivity contribution < 1.29 is 14.3 Å². The van der Waals surface area contributed by atoms with Gasteiger partial charge in [-0.1, -0.05) is 13.8 Å². The lowest BCUT2D eigenvalue weighted by atomic mass is 9.79. The van der Waals surface area contributed by atoms with E-state index in [1.165, 1.54) is 12.3 Å². The third-order valence-electron chi connectivity index (χ3n) is 5.72. The van der Waals surface area contributed by atoms with Gasteiger partial charge < -0.3 is 20.3 Å². The van der Waals surface area contributed by atoms with Crippen LogP contribution in [-0.2, 0) is 6.54 Å². The number of aromatic carboxylic acids is 1. The Morgan fingerprint density at radius 3 is 2.67 bits per heavy atom. The highest BCUT2D eigenvalue weighted by atomic mass is 19.1. The number of anilines is 1. The highest BCUT2D eigenvalue weighted by molar-refractivity contribution is 5.95. The Morgan fingerprint density at radius 1 is 1.44 bits per heavy atom. The van der Waals surface area contributed by atoms with E-state index in [9.17, 15) is 14.7 Å². The number of halogens is 1. The number of pyridine rings is 1. The quantitative estimate of drug-likeness (QED) is 0.861. The molecule has 27 heavy (non-hydrogen) atoms. The number of carboxylic acid groups (broad SMARTS) is 1. The second kappa shape index (κ2) is 6.64. The van der Waals surface area contributed by atoms with Crippen molar-refractivity contribution in [2.24, 2.45) is 11.1 Å². The minimum absolute atomic E-state index is 0.0459. The maximum atomic E-state index is 15.1. The van der Waals surface area contributed by atoms with Gasteiger partial charge in [-0.05, 0) is 37.3 Å². The fraction of sp³-hybridized carbons (Fsp3) is 0.500. The van der Waals surface area contributed by atoms with Gasteiger partial charge >= 0.3 is 5.97 Å². The molecule has 0 radical (unpaired) electrons. The van der Waals surface area contributed by atoms with E-state index < -0.39 is 17.2 Å². The van der Waals surface area contributed by atoms with Gasteiger partial charge in [0, 0.05) is 37.3 Å². The first-order valence-corrected chi connectivity index (χ1v) is 9.18. The van der Waals surface area contributed by atoms with E-state index in [4.69, 9.17) is 5.73 Å². The highest BCUT2D eigenvalue weighted by Gasteiger charge is 2.35. The number of aryl methyl sites for hydroxylation is 2. The van der Waals surface area contributed by atoms with Gasteiger partial charge in [0.1, 0.15) is 11.4 Å². The molecule has 1 aromatic heterocycles. The molecule has 1 unspecified atom stereocenters. The third-order valence-corrected chi connectivity index (χ3v) is 5.72. The van der Waals surface area contributed by atoms with Crippen LogP contribution in [0.2, 0.25) is 0 Å². The van der Waals surface area contributed by atoms with Crippen molar-refractivity contribution >= 4 is 22.6 Å². The number of aromatic nitrogens is 1. The number of benzene rings is 1. The van der Waals surface area contributed by atoms with Gasteiger partial charge in [0.25, 0.3) is 0 Å². The summed E-state index contributed by atoms with van der Waals surface area (Å²) in [6, 6.07) is 1.23. The number of nitrogens with zero attached hydrogens (tertiary/aromatic N) is 2. The Labute approximate surface area is 157 Å². The van der Waals surface area contributed by atoms with Crippen LogP contribution in [0.1, 0.15) is 43.1 Å². The topological polar surface area (TPSA) is 88.6 Å². The average molecular weight is 375 g/mol. The zero-order chi connectivity index (χ0) is 20.1. The molecule has 1 fully saturated rings. The lowest BCUT2D eigenvalue weighted by molar-refractivity contribution is 0.0695. The number of piperidine rings is 1. The van der Waals surface area contributed by atoms with Crippen molar-refractivity contribution in [2.75, 3.05) is 18.0 Å². The first kappa shape index (κ1) is 19.4. The van der Waals surface area contributed by atoms with Gasteiger partial charge in [0.15, 0.2) is 0 Å². The third kappa shape index (κ3) is 3.10. The molecule has 3 N–H and O–H groups in total. The molecular formula is C20H26FN3O3. The van der Waals surface area contributed by atoms with E-state index in [0.29, 0.717) is 36.4 Å². The summed E-state index contributed by atoms with van der Waals surface area (Å²) >= 11 is 0. The van der Waals surface area contributed by atoms with Crippen molar-refractivity contribution in [1.29, 1.82) is 0 Å². The predicted octanol–water partition coefficient (Wildman–Crippen LogP) is 2.73. The lowest BCUT2D eigenvalue weighted by Crippen LogP contribution is -2.52. The van der Waals surface area contributed by atoms with Crippen LogP contribution in [0.15, 0.2) is 17.1 Å². The first-order chi connectivity index (χ1) is 12.6. The molecule has 3 rings (SSSR count). The summed E-state index contributed by atoms with van der Waals surface area (Å²) in [6.07, 6.45) is 2.10. The van der Waals surface area contributed by atoms with Gasteiger partial charge in [-0.15, -0.1) is 0 Å². The fourth-order valence-electron chi connectivity index (χ4n) is 4.08.